The van der Waals surface area contributed by atoms with E-state index in [9.17, 15) is 4.79 Å². The van der Waals surface area contributed by atoms with Crippen molar-refractivity contribution in [3.8, 4) is 0 Å². The maximum Gasteiger partial charge on any atom is 0.192 e. The van der Waals surface area contributed by atoms with Gasteiger partial charge < -0.3 is 4.98 Å². The lowest BCUT2D eigenvalue weighted by molar-refractivity contribution is 1.23. The number of aromatic nitrogens is 1. The van der Waals surface area contributed by atoms with Crippen molar-refractivity contribution in [3.63, 3.8) is 0 Å². The van der Waals surface area contributed by atoms with Gasteiger partial charge in [-0.25, -0.2) is 0 Å². The van der Waals surface area contributed by atoms with Gasteiger partial charge in [0.2, 0.25) is 0 Å². The summed E-state index contributed by atoms with van der Waals surface area (Å²) in [5, 5.41) is 0.731. The molecule has 2 nitrogen and oxygen atoms in total. The summed E-state index contributed by atoms with van der Waals surface area (Å²) >= 11 is 3.34. The standard InChI is InChI=1S/C10H8BrNO.C4H8.C2H6/c1-6-5-12-9-3-2-7(11)4-8(9)10(6)13;1-3-4-2;1-2/h2-5H,1H3,(H,12,13);3H,1,4H2,2H3;1-2H3. The van der Waals surface area contributed by atoms with Crippen molar-refractivity contribution in [3.05, 3.63) is 57.3 Å². The van der Waals surface area contributed by atoms with Gasteiger partial charge in [0, 0.05) is 27.1 Å². The summed E-state index contributed by atoms with van der Waals surface area (Å²) in [5.41, 5.74) is 1.71. The maximum atomic E-state index is 11.6. The zero-order chi connectivity index (χ0) is 14.8. The predicted octanol–water partition coefficient (Wildman–Crippen LogP) is 5.21. The monoisotopic (exact) mass is 323 g/mol. The van der Waals surface area contributed by atoms with Crippen LogP contribution < -0.4 is 5.43 Å². The Kier molecular flexibility index (Phi) is 8.88. The fourth-order valence-electron chi connectivity index (χ4n) is 1.29. The van der Waals surface area contributed by atoms with E-state index in [1.54, 1.807) is 13.1 Å². The normalized spacial score (nSPS) is 8.89. The maximum absolute atomic E-state index is 11.6. The first-order valence-electron chi connectivity index (χ1n) is 6.48. The minimum atomic E-state index is 0.0926. The molecule has 0 bridgehead atoms. The van der Waals surface area contributed by atoms with Crippen LogP contribution in [0.15, 0.2) is 46.3 Å². The topological polar surface area (TPSA) is 32.9 Å². The minimum Gasteiger partial charge on any atom is -0.361 e. The van der Waals surface area contributed by atoms with Gasteiger partial charge in [-0.1, -0.05) is 42.8 Å². The van der Waals surface area contributed by atoms with E-state index in [0.717, 1.165) is 27.4 Å². The van der Waals surface area contributed by atoms with Crippen LogP contribution in [0, 0.1) is 6.92 Å². The molecule has 0 aliphatic rings. The van der Waals surface area contributed by atoms with Crippen LogP contribution in [0.4, 0.5) is 0 Å². The highest BCUT2D eigenvalue weighted by Crippen LogP contribution is 2.15. The lowest BCUT2D eigenvalue weighted by Crippen LogP contribution is -2.05. The molecule has 104 valence electrons. The number of halogens is 1. The first-order valence-corrected chi connectivity index (χ1v) is 7.28. The first-order chi connectivity index (χ1) is 9.10. The Morgan fingerprint density at radius 1 is 1.37 bits per heavy atom. The molecule has 0 fully saturated rings. The van der Waals surface area contributed by atoms with E-state index < -0.39 is 0 Å². The number of fused-ring (bicyclic) bond motifs is 1. The third-order valence-corrected chi connectivity index (χ3v) is 2.81. The Morgan fingerprint density at radius 2 is 1.95 bits per heavy atom. The molecular weight excluding hydrogens is 302 g/mol. The Balaban J connectivity index is 0.000000467. The van der Waals surface area contributed by atoms with Gasteiger partial charge in [0.15, 0.2) is 5.43 Å². The molecule has 0 amide bonds. The highest BCUT2D eigenvalue weighted by atomic mass is 79.9. The van der Waals surface area contributed by atoms with E-state index in [-0.39, 0.29) is 5.43 Å². The fraction of sp³-hybridized carbons (Fsp3) is 0.312. The summed E-state index contributed by atoms with van der Waals surface area (Å²) in [6.45, 7) is 11.3. The van der Waals surface area contributed by atoms with Crippen LogP contribution in [-0.2, 0) is 0 Å². The van der Waals surface area contributed by atoms with Crippen LogP contribution in [0.1, 0.15) is 32.8 Å². The van der Waals surface area contributed by atoms with Gasteiger partial charge in [-0.05, 0) is 31.5 Å². The third-order valence-electron chi connectivity index (χ3n) is 2.32. The molecule has 1 N–H and O–H groups in total. The summed E-state index contributed by atoms with van der Waals surface area (Å²) in [7, 11) is 0. The number of nitrogens with one attached hydrogen (secondary N) is 1. The van der Waals surface area contributed by atoms with Gasteiger partial charge in [-0.2, -0.15) is 0 Å². The molecule has 2 aromatic rings. The Bertz CT molecular complexity index is 567. The van der Waals surface area contributed by atoms with E-state index in [1.165, 1.54) is 0 Å². The van der Waals surface area contributed by atoms with Crippen LogP contribution in [0.2, 0.25) is 0 Å². The molecule has 0 unspecified atom stereocenters. The van der Waals surface area contributed by atoms with Crippen molar-refractivity contribution in [2.24, 2.45) is 0 Å². The van der Waals surface area contributed by atoms with Crippen molar-refractivity contribution < 1.29 is 0 Å². The molecule has 0 saturated carbocycles. The van der Waals surface area contributed by atoms with Crippen molar-refractivity contribution in [2.45, 2.75) is 34.1 Å². The molecular formula is C16H22BrNO. The van der Waals surface area contributed by atoms with Crippen LogP contribution in [-0.4, -0.2) is 4.98 Å². The molecule has 3 heteroatoms. The molecule has 0 aliphatic carbocycles. The lowest BCUT2D eigenvalue weighted by atomic mass is 10.2. The number of hydrogen-bond acceptors (Lipinski definition) is 1. The number of benzene rings is 1. The van der Waals surface area contributed by atoms with E-state index in [2.05, 4.69) is 34.4 Å². The minimum absolute atomic E-state index is 0.0926. The van der Waals surface area contributed by atoms with Crippen LogP contribution >= 0.6 is 15.9 Å². The van der Waals surface area contributed by atoms with Crippen molar-refractivity contribution >= 4 is 26.8 Å². The Hall–Kier alpha value is -1.35. The average Bonchev–Trinajstić information content (AvgIpc) is 2.46. The van der Waals surface area contributed by atoms with E-state index in [0.29, 0.717) is 0 Å². The molecule has 19 heavy (non-hydrogen) atoms. The number of pyridine rings is 1. The van der Waals surface area contributed by atoms with Gasteiger partial charge in [-0.15, -0.1) is 6.58 Å². The van der Waals surface area contributed by atoms with Gasteiger partial charge in [-0.3, -0.25) is 4.79 Å². The van der Waals surface area contributed by atoms with Crippen molar-refractivity contribution in [2.75, 3.05) is 0 Å². The molecule has 0 radical (unpaired) electrons. The van der Waals surface area contributed by atoms with Gasteiger partial charge >= 0.3 is 0 Å². The van der Waals surface area contributed by atoms with Crippen LogP contribution in [0.25, 0.3) is 10.9 Å². The number of hydrogen-bond donors (Lipinski definition) is 1. The number of aryl methyl sites for hydroxylation is 1. The zero-order valence-electron chi connectivity index (χ0n) is 12.1. The highest BCUT2D eigenvalue weighted by molar-refractivity contribution is 9.10. The quantitative estimate of drug-likeness (QED) is 0.718. The second-order valence-electron chi connectivity index (χ2n) is 3.69. The first kappa shape index (κ1) is 17.6. The molecule has 2 rings (SSSR count). The van der Waals surface area contributed by atoms with E-state index in [1.807, 2.05) is 38.1 Å². The van der Waals surface area contributed by atoms with Crippen LogP contribution in [0.3, 0.4) is 0 Å². The summed E-state index contributed by atoms with van der Waals surface area (Å²) < 4.78 is 0.927. The molecule has 0 aliphatic heterocycles. The molecule has 0 atom stereocenters. The number of allylic oxidation sites excluding steroid dienone is 1. The Morgan fingerprint density at radius 3 is 2.47 bits per heavy atom. The second kappa shape index (κ2) is 9.56. The molecule has 0 spiro atoms. The summed E-state index contributed by atoms with van der Waals surface area (Å²) in [6, 6.07) is 5.63. The van der Waals surface area contributed by atoms with Gasteiger partial charge in [0.05, 0.1) is 0 Å². The molecule has 0 saturated heterocycles. The smallest absolute Gasteiger partial charge is 0.192 e. The molecule has 1 aromatic heterocycles. The fourth-order valence-corrected chi connectivity index (χ4v) is 1.66. The predicted molar refractivity (Wildman–Crippen MR) is 88.8 cm³/mol. The van der Waals surface area contributed by atoms with Gasteiger partial charge in [0.1, 0.15) is 0 Å². The van der Waals surface area contributed by atoms with Crippen molar-refractivity contribution in [1.82, 2.24) is 4.98 Å². The third kappa shape index (κ3) is 5.43. The number of rotatable bonds is 1. The van der Waals surface area contributed by atoms with E-state index >= 15 is 0 Å². The van der Waals surface area contributed by atoms with Crippen molar-refractivity contribution in [1.29, 1.82) is 0 Å². The Labute approximate surface area is 123 Å². The second-order valence-corrected chi connectivity index (χ2v) is 4.60. The molecule has 1 aromatic carbocycles. The largest absolute Gasteiger partial charge is 0.361 e. The van der Waals surface area contributed by atoms with Crippen LogP contribution in [0.5, 0.6) is 0 Å². The number of H-pyrrole nitrogens is 1. The summed E-state index contributed by atoms with van der Waals surface area (Å²) in [6.07, 6.45) is 4.69. The van der Waals surface area contributed by atoms with Gasteiger partial charge in [0.25, 0.3) is 0 Å². The zero-order valence-corrected chi connectivity index (χ0v) is 13.7. The highest BCUT2D eigenvalue weighted by Gasteiger charge is 2.00. The summed E-state index contributed by atoms with van der Waals surface area (Å²) in [4.78, 5) is 14.7. The number of aromatic amines is 1. The molecule has 1 heterocycles. The average molecular weight is 324 g/mol. The SMILES string of the molecule is C=CCC.CC.Cc1c[nH]c2ccc(Br)cc2c1=O. The lowest BCUT2D eigenvalue weighted by Gasteiger charge is -1.99. The summed E-state index contributed by atoms with van der Waals surface area (Å²) in [5.74, 6) is 0. The van der Waals surface area contributed by atoms with E-state index in [4.69, 9.17) is 0 Å².